The van der Waals surface area contributed by atoms with Crippen molar-refractivity contribution < 1.29 is 23.8 Å². The van der Waals surface area contributed by atoms with Gasteiger partial charge in [0.1, 0.15) is 17.3 Å². The second-order valence-corrected chi connectivity index (χ2v) is 11.0. The molecule has 0 spiro atoms. The van der Waals surface area contributed by atoms with Crippen molar-refractivity contribution in [3.8, 4) is 5.88 Å². The van der Waals surface area contributed by atoms with Crippen LogP contribution in [0.4, 0.5) is 9.59 Å². The van der Waals surface area contributed by atoms with Crippen LogP contribution in [0, 0.1) is 6.92 Å². The van der Waals surface area contributed by atoms with E-state index in [0.717, 1.165) is 15.4 Å². The number of hydrogen-bond donors (Lipinski definition) is 0. The average Bonchev–Trinajstić information content (AvgIpc) is 2.97. The highest BCUT2D eigenvalue weighted by Crippen LogP contribution is 2.32. The number of fused-ring (bicyclic) bond motifs is 1. The van der Waals surface area contributed by atoms with Gasteiger partial charge < -0.3 is 19.1 Å². The Balaban J connectivity index is 1.79. The quantitative estimate of drug-likeness (QED) is 0.518. The number of aryl methyl sites for hydroxylation is 1. The van der Waals surface area contributed by atoms with Crippen LogP contribution in [0.5, 0.6) is 5.88 Å². The third-order valence-corrected chi connectivity index (χ3v) is 5.72. The van der Waals surface area contributed by atoms with E-state index in [2.05, 4.69) is 21.0 Å². The van der Waals surface area contributed by atoms with Gasteiger partial charge in [-0.2, -0.15) is 4.68 Å². The molecule has 0 unspecified atom stereocenters. The predicted octanol–water partition coefficient (Wildman–Crippen LogP) is 5.67. The van der Waals surface area contributed by atoms with Crippen molar-refractivity contribution in [1.29, 1.82) is 0 Å². The van der Waals surface area contributed by atoms with Crippen molar-refractivity contribution >= 4 is 39.0 Å². The number of rotatable bonds is 2. The highest BCUT2D eigenvalue weighted by molar-refractivity contribution is 9.10. The van der Waals surface area contributed by atoms with Gasteiger partial charge in [0, 0.05) is 30.4 Å². The molecule has 2 heterocycles. The molecule has 1 aliphatic rings. The number of likely N-dealkylation sites (tertiary alicyclic amines) is 1. The summed E-state index contributed by atoms with van der Waals surface area (Å²) in [5.74, 6) is 0.386. The molecule has 3 rings (SSSR count). The molecule has 9 heteroatoms. The molecule has 8 nitrogen and oxygen atoms in total. The Hall–Kier alpha value is -2.29. The summed E-state index contributed by atoms with van der Waals surface area (Å²) in [6.45, 7) is 14.0. The van der Waals surface area contributed by atoms with Gasteiger partial charge in [-0.05, 0) is 66.2 Å². The number of benzene rings is 1. The first-order chi connectivity index (χ1) is 14.7. The number of carbonyl (C=O) groups excluding carboxylic acids is 2. The summed E-state index contributed by atoms with van der Waals surface area (Å²) in [5, 5.41) is 5.19. The number of ether oxygens (including phenoxy) is 3. The fourth-order valence-corrected chi connectivity index (χ4v) is 3.72. The van der Waals surface area contributed by atoms with Gasteiger partial charge in [0.2, 0.25) is 5.88 Å². The van der Waals surface area contributed by atoms with Crippen molar-refractivity contribution in [2.75, 3.05) is 13.1 Å². The lowest BCUT2D eigenvalue weighted by atomic mass is 10.1. The van der Waals surface area contributed by atoms with E-state index in [1.54, 1.807) is 4.90 Å². The van der Waals surface area contributed by atoms with Gasteiger partial charge >= 0.3 is 12.2 Å². The molecule has 0 saturated carbocycles. The SMILES string of the molecule is Cc1cc2c(OC3CCN(C(=O)OC(C)(C)C)CC3)nn(C(=O)OC(C)(C)C)c2cc1Br. The minimum atomic E-state index is -0.646. The van der Waals surface area contributed by atoms with Gasteiger partial charge in [-0.25, -0.2) is 9.59 Å². The van der Waals surface area contributed by atoms with Crippen LogP contribution in [0.3, 0.4) is 0 Å². The van der Waals surface area contributed by atoms with Crippen LogP contribution in [0.1, 0.15) is 59.9 Å². The molecule has 2 aromatic rings. The summed E-state index contributed by atoms with van der Waals surface area (Å²) in [6, 6.07) is 3.79. The van der Waals surface area contributed by atoms with E-state index < -0.39 is 17.3 Å². The molecule has 32 heavy (non-hydrogen) atoms. The lowest BCUT2D eigenvalue weighted by Crippen LogP contribution is -2.44. The number of aromatic nitrogens is 2. The highest BCUT2D eigenvalue weighted by Gasteiger charge is 2.29. The zero-order valence-electron chi connectivity index (χ0n) is 19.8. The van der Waals surface area contributed by atoms with Crippen LogP contribution in [0.25, 0.3) is 10.9 Å². The smallest absolute Gasteiger partial charge is 0.435 e. The predicted molar refractivity (Wildman–Crippen MR) is 125 cm³/mol. The minimum Gasteiger partial charge on any atom is -0.473 e. The molecular formula is C23H32BrN3O5. The summed E-state index contributed by atoms with van der Waals surface area (Å²) in [7, 11) is 0. The molecule has 1 fully saturated rings. The van der Waals surface area contributed by atoms with Crippen LogP contribution in [0.15, 0.2) is 16.6 Å². The third kappa shape index (κ3) is 5.94. The van der Waals surface area contributed by atoms with Crippen molar-refractivity contribution in [2.24, 2.45) is 0 Å². The summed E-state index contributed by atoms with van der Waals surface area (Å²) in [5.41, 5.74) is 0.445. The third-order valence-electron chi connectivity index (χ3n) is 4.86. The topological polar surface area (TPSA) is 82.9 Å². The van der Waals surface area contributed by atoms with E-state index >= 15 is 0 Å². The first-order valence-electron chi connectivity index (χ1n) is 10.8. The van der Waals surface area contributed by atoms with E-state index in [0.29, 0.717) is 37.3 Å². The number of carbonyl (C=O) groups is 2. The Bertz CT molecular complexity index is 1010. The number of piperidine rings is 1. The molecule has 0 N–H and O–H groups in total. The molecule has 0 bridgehead atoms. The summed E-state index contributed by atoms with van der Waals surface area (Å²) in [4.78, 5) is 26.8. The molecule has 1 aromatic heterocycles. The van der Waals surface area contributed by atoms with Gasteiger partial charge in [0.05, 0.1) is 10.9 Å². The zero-order chi connectivity index (χ0) is 23.8. The maximum Gasteiger partial charge on any atom is 0.435 e. The van der Waals surface area contributed by atoms with Crippen molar-refractivity contribution in [2.45, 2.75) is 78.6 Å². The second kappa shape index (κ2) is 8.92. The van der Waals surface area contributed by atoms with Gasteiger partial charge in [-0.3, -0.25) is 0 Å². The Morgan fingerprint density at radius 1 is 1.00 bits per heavy atom. The van der Waals surface area contributed by atoms with Gasteiger partial charge in [-0.15, -0.1) is 5.10 Å². The summed E-state index contributed by atoms with van der Waals surface area (Å²) < 4.78 is 19.3. The fraction of sp³-hybridized carbons (Fsp3) is 0.609. The van der Waals surface area contributed by atoms with Crippen LogP contribution in [0.2, 0.25) is 0 Å². The highest BCUT2D eigenvalue weighted by atomic mass is 79.9. The van der Waals surface area contributed by atoms with Gasteiger partial charge in [0.25, 0.3) is 0 Å². The van der Waals surface area contributed by atoms with Crippen molar-refractivity contribution in [1.82, 2.24) is 14.7 Å². The van der Waals surface area contributed by atoms with E-state index in [4.69, 9.17) is 14.2 Å². The van der Waals surface area contributed by atoms with Crippen molar-refractivity contribution in [3.05, 3.63) is 22.2 Å². The Morgan fingerprint density at radius 3 is 2.12 bits per heavy atom. The average molecular weight is 510 g/mol. The van der Waals surface area contributed by atoms with Crippen LogP contribution in [-0.4, -0.2) is 57.3 Å². The van der Waals surface area contributed by atoms with E-state index in [-0.39, 0.29) is 12.2 Å². The number of hydrogen-bond acceptors (Lipinski definition) is 6. The van der Waals surface area contributed by atoms with Gasteiger partial charge in [0.15, 0.2) is 0 Å². The number of amides is 1. The Morgan fingerprint density at radius 2 is 1.56 bits per heavy atom. The minimum absolute atomic E-state index is 0.122. The van der Waals surface area contributed by atoms with Crippen LogP contribution < -0.4 is 4.74 Å². The summed E-state index contributed by atoms with van der Waals surface area (Å²) in [6.07, 6.45) is 0.303. The molecule has 0 radical (unpaired) electrons. The van der Waals surface area contributed by atoms with E-state index in [1.807, 2.05) is 60.6 Å². The molecule has 0 atom stereocenters. The van der Waals surface area contributed by atoms with Crippen LogP contribution >= 0.6 is 15.9 Å². The number of halogens is 1. The lowest BCUT2D eigenvalue weighted by Gasteiger charge is -2.33. The standard InChI is InChI=1S/C23H32BrN3O5/c1-14-12-16-18(13-17(14)24)27(21(29)32-23(5,6)7)25-19(16)30-15-8-10-26(11-9-15)20(28)31-22(2,3)4/h12-13,15H,8-11H2,1-7H3. The molecule has 1 saturated heterocycles. The lowest BCUT2D eigenvalue weighted by molar-refractivity contribution is 0.0121. The van der Waals surface area contributed by atoms with E-state index in [1.165, 1.54) is 4.68 Å². The van der Waals surface area contributed by atoms with E-state index in [9.17, 15) is 9.59 Å². The first-order valence-corrected chi connectivity index (χ1v) is 11.6. The monoisotopic (exact) mass is 509 g/mol. The largest absolute Gasteiger partial charge is 0.473 e. The molecule has 1 aromatic carbocycles. The van der Waals surface area contributed by atoms with Crippen molar-refractivity contribution in [3.63, 3.8) is 0 Å². The zero-order valence-corrected chi connectivity index (χ0v) is 21.4. The molecule has 176 valence electrons. The maximum atomic E-state index is 12.8. The first kappa shape index (κ1) is 24.4. The molecule has 0 aliphatic carbocycles. The van der Waals surface area contributed by atoms with Gasteiger partial charge in [-0.1, -0.05) is 15.9 Å². The fourth-order valence-electron chi connectivity index (χ4n) is 3.39. The Labute approximate surface area is 197 Å². The molecular weight excluding hydrogens is 478 g/mol. The maximum absolute atomic E-state index is 12.8. The molecule has 1 amide bonds. The molecule has 1 aliphatic heterocycles. The normalized spacial score (nSPS) is 15.7. The second-order valence-electron chi connectivity index (χ2n) is 10.1. The van der Waals surface area contributed by atoms with Crippen LogP contribution in [-0.2, 0) is 9.47 Å². The number of nitrogens with zero attached hydrogens (tertiary/aromatic N) is 3. The summed E-state index contributed by atoms with van der Waals surface area (Å²) >= 11 is 3.53. The Kier molecular flexibility index (Phi) is 6.79.